The molecule has 0 spiro atoms. The van der Waals surface area contributed by atoms with Crippen LogP contribution in [0.25, 0.3) is 0 Å². The topological polar surface area (TPSA) is 25.8 Å². The SMILES string of the molecule is CCCCc1ccc(CCc2cncnc2C)cc1. The molecule has 100 valence electrons. The Labute approximate surface area is 115 Å². The molecular weight excluding hydrogens is 232 g/mol. The first-order chi connectivity index (χ1) is 9.29. The third-order valence-corrected chi connectivity index (χ3v) is 3.54. The minimum Gasteiger partial charge on any atom is -0.245 e. The number of aromatic nitrogens is 2. The Hall–Kier alpha value is -1.70. The van der Waals surface area contributed by atoms with Gasteiger partial charge in [-0.3, -0.25) is 0 Å². The van der Waals surface area contributed by atoms with Crippen molar-refractivity contribution in [2.24, 2.45) is 0 Å². The Bertz CT molecular complexity index is 503. The molecule has 0 aliphatic carbocycles. The third-order valence-electron chi connectivity index (χ3n) is 3.54. The zero-order chi connectivity index (χ0) is 13.5. The van der Waals surface area contributed by atoms with E-state index in [2.05, 4.69) is 41.2 Å². The molecule has 0 N–H and O–H groups in total. The molecule has 0 fully saturated rings. The van der Waals surface area contributed by atoms with Crippen LogP contribution in [0, 0.1) is 6.92 Å². The van der Waals surface area contributed by atoms with Crippen molar-refractivity contribution < 1.29 is 0 Å². The highest BCUT2D eigenvalue weighted by atomic mass is 14.8. The fraction of sp³-hybridized carbons (Fsp3) is 0.412. The van der Waals surface area contributed by atoms with Gasteiger partial charge in [0.25, 0.3) is 0 Å². The second-order valence-corrected chi connectivity index (χ2v) is 5.05. The highest BCUT2D eigenvalue weighted by Crippen LogP contribution is 2.11. The molecule has 0 saturated heterocycles. The van der Waals surface area contributed by atoms with Gasteiger partial charge >= 0.3 is 0 Å². The van der Waals surface area contributed by atoms with Crippen LogP contribution in [0.1, 0.15) is 42.1 Å². The van der Waals surface area contributed by atoms with Gasteiger partial charge in [-0.25, -0.2) is 9.97 Å². The van der Waals surface area contributed by atoms with Crippen molar-refractivity contribution in [3.05, 3.63) is 59.2 Å². The second kappa shape index (κ2) is 7.03. The predicted octanol–water partition coefficient (Wildman–Crippen LogP) is 3.91. The molecule has 2 rings (SSSR count). The van der Waals surface area contributed by atoms with Crippen LogP contribution in [0.3, 0.4) is 0 Å². The van der Waals surface area contributed by atoms with E-state index in [-0.39, 0.29) is 0 Å². The average Bonchev–Trinajstić information content (AvgIpc) is 2.45. The molecule has 0 unspecified atom stereocenters. The van der Waals surface area contributed by atoms with E-state index < -0.39 is 0 Å². The summed E-state index contributed by atoms with van der Waals surface area (Å²) in [7, 11) is 0. The Kier molecular flexibility index (Phi) is 5.08. The van der Waals surface area contributed by atoms with E-state index in [1.165, 1.54) is 36.0 Å². The van der Waals surface area contributed by atoms with E-state index in [1.54, 1.807) is 6.33 Å². The third kappa shape index (κ3) is 4.16. The number of nitrogens with zero attached hydrogens (tertiary/aromatic N) is 2. The van der Waals surface area contributed by atoms with E-state index in [0.717, 1.165) is 18.5 Å². The fourth-order valence-electron chi connectivity index (χ4n) is 2.20. The molecule has 2 aromatic rings. The Morgan fingerprint density at radius 2 is 1.63 bits per heavy atom. The molecule has 0 atom stereocenters. The molecule has 0 aliphatic heterocycles. The van der Waals surface area contributed by atoms with Crippen LogP contribution in [0.2, 0.25) is 0 Å². The lowest BCUT2D eigenvalue weighted by Crippen LogP contribution is -1.97. The monoisotopic (exact) mass is 254 g/mol. The van der Waals surface area contributed by atoms with Gasteiger partial charge < -0.3 is 0 Å². The molecule has 0 bridgehead atoms. The lowest BCUT2D eigenvalue weighted by molar-refractivity contribution is 0.794. The molecule has 0 aliphatic rings. The number of benzene rings is 1. The van der Waals surface area contributed by atoms with E-state index in [9.17, 15) is 0 Å². The number of hydrogen-bond donors (Lipinski definition) is 0. The molecule has 2 heteroatoms. The lowest BCUT2D eigenvalue weighted by atomic mass is 10.0. The summed E-state index contributed by atoms with van der Waals surface area (Å²) in [5.41, 5.74) is 5.18. The predicted molar refractivity (Wildman–Crippen MR) is 79.2 cm³/mol. The van der Waals surface area contributed by atoms with Crippen LogP contribution < -0.4 is 0 Å². The van der Waals surface area contributed by atoms with Gasteiger partial charge in [-0.05, 0) is 49.3 Å². The standard InChI is InChI=1S/C17H22N2/c1-3-4-5-15-6-8-16(9-7-15)10-11-17-12-18-13-19-14(17)2/h6-9,12-13H,3-5,10-11H2,1-2H3. The van der Waals surface area contributed by atoms with Gasteiger partial charge in [0.1, 0.15) is 6.33 Å². The number of aryl methyl sites for hydroxylation is 4. The van der Waals surface area contributed by atoms with Crippen LogP contribution >= 0.6 is 0 Å². The van der Waals surface area contributed by atoms with Crippen LogP contribution in [-0.4, -0.2) is 9.97 Å². The average molecular weight is 254 g/mol. The summed E-state index contributed by atoms with van der Waals surface area (Å²) in [6.07, 6.45) is 9.35. The van der Waals surface area contributed by atoms with Gasteiger partial charge in [-0.2, -0.15) is 0 Å². The van der Waals surface area contributed by atoms with Crippen LogP contribution in [0.5, 0.6) is 0 Å². The van der Waals surface area contributed by atoms with Gasteiger partial charge in [-0.15, -0.1) is 0 Å². The summed E-state index contributed by atoms with van der Waals surface area (Å²) in [6, 6.07) is 9.03. The minimum absolute atomic E-state index is 1.01. The fourth-order valence-corrected chi connectivity index (χ4v) is 2.20. The van der Waals surface area contributed by atoms with E-state index in [0.29, 0.717) is 0 Å². The highest BCUT2D eigenvalue weighted by Gasteiger charge is 2.00. The van der Waals surface area contributed by atoms with Crippen molar-refractivity contribution >= 4 is 0 Å². The van der Waals surface area contributed by atoms with E-state index >= 15 is 0 Å². The van der Waals surface area contributed by atoms with Crippen molar-refractivity contribution in [1.29, 1.82) is 0 Å². The summed E-state index contributed by atoms with van der Waals surface area (Å²) in [5.74, 6) is 0. The maximum atomic E-state index is 4.23. The van der Waals surface area contributed by atoms with Crippen molar-refractivity contribution in [2.45, 2.75) is 46.0 Å². The normalized spacial score (nSPS) is 10.6. The Morgan fingerprint density at radius 1 is 0.947 bits per heavy atom. The number of rotatable bonds is 6. The van der Waals surface area contributed by atoms with Crippen LogP contribution in [-0.2, 0) is 19.3 Å². The maximum Gasteiger partial charge on any atom is 0.115 e. The van der Waals surface area contributed by atoms with Gasteiger partial charge in [-0.1, -0.05) is 37.6 Å². The Morgan fingerprint density at radius 3 is 2.26 bits per heavy atom. The van der Waals surface area contributed by atoms with Gasteiger partial charge in [0.15, 0.2) is 0 Å². The maximum absolute atomic E-state index is 4.23. The van der Waals surface area contributed by atoms with E-state index in [1.807, 2.05) is 13.1 Å². The van der Waals surface area contributed by atoms with Crippen molar-refractivity contribution in [2.75, 3.05) is 0 Å². The summed E-state index contributed by atoms with van der Waals surface area (Å²) < 4.78 is 0. The largest absolute Gasteiger partial charge is 0.245 e. The number of hydrogen-bond acceptors (Lipinski definition) is 2. The number of unbranched alkanes of at least 4 members (excludes halogenated alkanes) is 1. The molecule has 19 heavy (non-hydrogen) atoms. The molecule has 0 amide bonds. The molecule has 2 nitrogen and oxygen atoms in total. The summed E-state index contributed by atoms with van der Waals surface area (Å²) >= 11 is 0. The summed E-state index contributed by atoms with van der Waals surface area (Å²) in [5, 5.41) is 0. The summed E-state index contributed by atoms with van der Waals surface area (Å²) in [6.45, 7) is 4.28. The molecule has 0 saturated carbocycles. The van der Waals surface area contributed by atoms with E-state index in [4.69, 9.17) is 0 Å². The van der Waals surface area contributed by atoms with Gasteiger partial charge in [0.05, 0.1) is 0 Å². The first kappa shape index (κ1) is 13.7. The molecule has 1 aromatic carbocycles. The quantitative estimate of drug-likeness (QED) is 0.781. The smallest absolute Gasteiger partial charge is 0.115 e. The molecule has 0 radical (unpaired) electrons. The zero-order valence-electron chi connectivity index (χ0n) is 11.9. The van der Waals surface area contributed by atoms with Crippen molar-refractivity contribution in [1.82, 2.24) is 9.97 Å². The van der Waals surface area contributed by atoms with Crippen LogP contribution in [0.4, 0.5) is 0 Å². The van der Waals surface area contributed by atoms with Crippen LogP contribution in [0.15, 0.2) is 36.8 Å². The van der Waals surface area contributed by atoms with Gasteiger partial charge in [0.2, 0.25) is 0 Å². The summed E-state index contributed by atoms with van der Waals surface area (Å²) in [4.78, 5) is 8.32. The molecule has 1 heterocycles. The highest BCUT2D eigenvalue weighted by molar-refractivity contribution is 5.24. The zero-order valence-corrected chi connectivity index (χ0v) is 11.9. The molecule has 1 aromatic heterocycles. The minimum atomic E-state index is 1.01. The van der Waals surface area contributed by atoms with Crippen molar-refractivity contribution in [3.8, 4) is 0 Å². The Balaban J connectivity index is 1.91. The lowest BCUT2D eigenvalue weighted by Gasteiger charge is -2.05. The van der Waals surface area contributed by atoms with Gasteiger partial charge in [0, 0.05) is 11.9 Å². The van der Waals surface area contributed by atoms with Crippen molar-refractivity contribution in [3.63, 3.8) is 0 Å². The first-order valence-corrected chi connectivity index (χ1v) is 7.13. The first-order valence-electron chi connectivity index (χ1n) is 7.13. The second-order valence-electron chi connectivity index (χ2n) is 5.05. The molecular formula is C17H22N2.